The van der Waals surface area contributed by atoms with Gasteiger partial charge in [-0.15, -0.1) is 0 Å². The maximum atomic E-state index is 14.2. The molecule has 0 atom stereocenters. The highest BCUT2D eigenvalue weighted by Gasteiger charge is 2.23. The van der Waals surface area contributed by atoms with Crippen LogP contribution in [0.25, 0.3) is 11.0 Å². The van der Waals surface area contributed by atoms with E-state index in [9.17, 15) is 22.0 Å². The average molecular weight is 492 g/mol. The normalized spacial score (nSPS) is 11.7. The van der Waals surface area contributed by atoms with Crippen molar-refractivity contribution in [1.82, 2.24) is 9.13 Å². The molecule has 0 aliphatic heterocycles. The Morgan fingerprint density at radius 2 is 1.58 bits per heavy atom. The Balaban J connectivity index is 1.85. The number of ether oxygens (including phenoxy) is 1. The number of nitrogens with zero attached hydrogens (tertiary/aromatic N) is 2. The number of benzene rings is 3. The lowest BCUT2D eigenvalue weighted by atomic mass is 10.3. The Morgan fingerprint density at radius 3 is 2.21 bits per heavy atom. The molecule has 0 aliphatic carbocycles. The minimum atomic E-state index is -4.47. The molecule has 0 amide bonds. The van der Waals surface area contributed by atoms with Gasteiger partial charge in [0.15, 0.2) is 0 Å². The van der Waals surface area contributed by atoms with Gasteiger partial charge in [0.1, 0.15) is 22.3 Å². The minimum absolute atomic E-state index is 0.119. The summed E-state index contributed by atoms with van der Waals surface area (Å²) in [6, 6.07) is 12.5. The second-order valence-electron chi connectivity index (χ2n) is 7.20. The Morgan fingerprint density at radius 1 is 0.939 bits per heavy atom. The number of rotatable bonds is 6. The van der Waals surface area contributed by atoms with E-state index in [0.717, 1.165) is 17.0 Å². The van der Waals surface area contributed by atoms with Crippen molar-refractivity contribution in [2.24, 2.45) is 14.1 Å². The molecule has 0 saturated heterocycles. The third-order valence-corrected chi connectivity index (χ3v) is 7.53. The maximum Gasteiger partial charge on any atom is 0.328 e. The van der Waals surface area contributed by atoms with Crippen molar-refractivity contribution in [3.8, 4) is 5.75 Å². The highest BCUT2D eigenvalue weighted by molar-refractivity contribution is 7.99. The largest absolute Gasteiger partial charge is 0.497 e. The number of sulfonamides is 1. The zero-order valence-electron chi connectivity index (χ0n) is 17.8. The molecule has 4 aromatic rings. The van der Waals surface area contributed by atoms with E-state index in [2.05, 4.69) is 4.72 Å². The van der Waals surface area contributed by atoms with Gasteiger partial charge in [0, 0.05) is 23.9 Å². The molecule has 0 radical (unpaired) electrons. The molecule has 33 heavy (non-hydrogen) atoms. The van der Waals surface area contributed by atoms with Crippen molar-refractivity contribution < 1.29 is 21.9 Å². The van der Waals surface area contributed by atoms with Crippen LogP contribution in [0.15, 0.2) is 74.1 Å². The second-order valence-corrected chi connectivity index (χ2v) is 9.96. The number of aryl methyl sites for hydroxylation is 2. The molecule has 0 saturated carbocycles. The number of hydrogen-bond donors (Lipinski definition) is 1. The summed E-state index contributed by atoms with van der Waals surface area (Å²) in [5, 5.41) is 0. The SMILES string of the molecule is COc1ccc(Sc2cc3c(cc2NS(=O)(=O)c2cc(F)ccc2F)n(C)c(=O)n3C)cc1. The van der Waals surface area contributed by atoms with Crippen molar-refractivity contribution in [1.29, 1.82) is 0 Å². The summed E-state index contributed by atoms with van der Waals surface area (Å²) in [7, 11) is 0.247. The van der Waals surface area contributed by atoms with Gasteiger partial charge < -0.3 is 4.74 Å². The van der Waals surface area contributed by atoms with Crippen LogP contribution in [0.1, 0.15) is 0 Å². The molecule has 172 valence electrons. The van der Waals surface area contributed by atoms with Crippen LogP contribution in [0.4, 0.5) is 14.5 Å². The lowest BCUT2D eigenvalue weighted by Gasteiger charge is -2.14. The lowest BCUT2D eigenvalue weighted by Crippen LogP contribution is -2.19. The number of fused-ring (bicyclic) bond motifs is 1. The predicted octanol–water partition coefficient (Wildman–Crippen LogP) is 4.12. The summed E-state index contributed by atoms with van der Waals surface area (Å²) in [6.07, 6.45) is 0. The Bertz CT molecular complexity index is 1530. The van der Waals surface area contributed by atoms with Gasteiger partial charge in [-0.2, -0.15) is 0 Å². The fourth-order valence-corrected chi connectivity index (χ4v) is 5.49. The highest BCUT2D eigenvalue weighted by atomic mass is 32.2. The van der Waals surface area contributed by atoms with E-state index >= 15 is 0 Å². The molecule has 0 bridgehead atoms. The van der Waals surface area contributed by atoms with Gasteiger partial charge in [0.05, 0.1) is 23.8 Å². The Labute approximate surface area is 192 Å². The van der Waals surface area contributed by atoms with Gasteiger partial charge in [-0.05, 0) is 54.6 Å². The van der Waals surface area contributed by atoms with Gasteiger partial charge in [-0.25, -0.2) is 22.0 Å². The number of anilines is 1. The quantitative estimate of drug-likeness (QED) is 0.439. The van der Waals surface area contributed by atoms with E-state index in [1.54, 1.807) is 51.5 Å². The van der Waals surface area contributed by atoms with E-state index in [-0.39, 0.29) is 11.4 Å². The maximum absolute atomic E-state index is 14.2. The zero-order valence-corrected chi connectivity index (χ0v) is 19.4. The number of methoxy groups -OCH3 is 1. The molecule has 7 nitrogen and oxygen atoms in total. The standard InChI is InChI=1S/C22H19F2N3O4S2/c1-26-18-11-17(25-33(29,30)21-10-13(23)4-9-16(21)24)20(12-19(18)27(2)22(26)28)32-15-7-5-14(31-3)6-8-15/h4-12,25H,1-3H3. The summed E-state index contributed by atoms with van der Waals surface area (Å²) in [5.41, 5.74) is 0.882. The molecule has 0 fully saturated rings. The molecule has 0 unspecified atom stereocenters. The number of hydrogen-bond acceptors (Lipinski definition) is 5. The first kappa shape index (κ1) is 22.9. The van der Waals surface area contributed by atoms with Crippen molar-refractivity contribution in [2.45, 2.75) is 14.7 Å². The number of halogens is 2. The van der Waals surface area contributed by atoms with E-state index in [4.69, 9.17) is 4.74 Å². The molecule has 3 aromatic carbocycles. The van der Waals surface area contributed by atoms with Crippen LogP contribution in [0.2, 0.25) is 0 Å². The zero-order chi connectivity index (χ0) is 23.9. The van der Waals surface area contributed by atoms with Gasteiger partial charge in [0.25, 0.3) is 10.0 Å². The average Bonchev–Trinajstić information content (AvgIpc) is 2.99. The van der Waals surface area contributed by atoms with Gasteiger partial charge in [-0.1, -0.05) is 11.8 Å². The minimum Gasteiger partial charge on any atom is -0.497 e. The van der Waals surface area contributed by atoms with Crippen LogP contribution >= 0.6 is 11.8 Å². The van der Waals surface area contributed by atoms with Crippen LogP contribution in [-0.4, -0.2) is 24.7 Å². The molecule has 0 spiro atoms. The summed E-state index contributed by atoms with van der Waals surface area (Å²) >= 11 is 1.24. The fraction of sp³-hybridized carbons (Fsp3) is 0.136. The predicted molar refractivity (Wildman–Crippen MR) is 122 cm³/mol. The van der Waals surface area contributed by atoms with Gasteiger partial charge in [0.2, 0.25) is 0 Å². The molecular formula is C22H19F2N3O4S2. The van der Waals surface area contributed by atoms with Gasteiger partial charge >= 0.3 is 5.69 Å². The van der Waals surface area contributed by atoms with Crippen LogP contribution in [-0.2, 0) is 24.1 Å². The lowest BCUT2D eigenvalue weighted by molar-refractivity contribution is 0.414. The van der Waals surface area contributed by atoms with Gasteiger partial charge in [-0.3, -0.25) is 13.9 Å². The molecule has 0 aliphatic rings. The smallest absolute Gasteiger partial charge is 0.328 e. The first-order valence-electron chi connectivity index (χ1n) is 9.60. The van der Waals surface area contributed by atoms with E-state index < -0.39 is 26.6 Å². The van der Waals surface area contributed by atoms with Crippen LogP contribution in [0, 0.1) is 11.6 Å². The topological polar surface area (TPSA) is 82.3 Å². The first-order chi connectivity index (χ1) is 15.6. The van der Waals surface area contributed by atoms with Crippen molar-refractivity contribution in [3.05, 3.63) is 76.7 Å². The number of nitrogens with one attached hydrogen (secondary N) is 1. The van der Waals surface area contributed by atoms with Crippen LogP contribution in [0.3, 0.4) is 0 Å². The fourth-order valence-electron chi connectivity index (χ4n) is 3.34. The summed E-state index contributed by atoms with van der Waals surface area (Å²) in [5.74, 6) is -1.31. The molecule has 4 rings (SSSR count). The van der Waals surface area contributed by atoms with Crippen molar-refractivity contribution >= 4 is 38.5 Å². The Hall–Kier alpha value is -3.31. The van der Waals surface area contributed by atoms with Crippen LogP contribution in [0.5, 0.6) is 5.75 Å². The monoisotopic (exact) mass is 491 g/mol. The molecule has 11 heteroatoms. The van der Waals surface area contributed by atoms with E-state index in [0.29, 0.717) is 27.7 Å². The third kappa shape index (κ3) is 4.33. The number of aromatic nitrogens is 2. The molecular weight excluding hydrogens is 472 g/mol. The highest BCUT2D eigenvalue weighted by Crippen LogP contribution is 2.38. The summed E-state index contributed by atoms with van der Waals surface area (Å²) in [4.78, 5) is 12.8. The Kier molecular flexibility index (Phi) is 5.93. The summed E-state index contributed by atoms with van der Waals surface area (Å²) < 4.78 is 64.1. The molecule has 1 N–H and O–H groups in total. The van der Waals surface area contributed by atoms with Crippen LogP contribution < -0.4 is 15.1 Å². The van der Waals surface area contributed by atoms with E-state index in [1.165, 1.54) is 27.0 Å². The third-order valence-electron chi connectivity index (χ3n) is 5.09. The van der Waals surface area contributed by atoms with Crippen molar-refractivity contribution in [2.75, 3.05) is 11.8 Å². The van der Waals surface area contributed by atoms with E-state index in [1.807, 2.05) is 0 Å². The second kappa shape index (κ2) is 8.56. The summed E-state index contributed by atoms with van der Waals surface area (Å²) in [6.45, 7) is 0. The molecule has 1 heterocycles. The van der Waals surface area contributed by atoms with Crippen molar-refractivity contribution in [3.63, 3.8) is 0 Å². The number of imidazole rings is 1. The molecule has 1 aromatic heterocycles. The first-order valence-corrected chi connectivity index (χ1v) is 11.9.